The molecule has 0 aromatic rings. The second-order valence-electron chi connectivity index (χ2n) is 2.95. The molecule has 0 saturated carbocycles. The summed E-state index contributed by atoms with van der Waals surface area (Å²) < 4.78 is 0. The fourth-order valence-electron chi connectivity index (χ4n) is 1.07. The third-order valence-corrected chi connectivity index (χ3v) is 1.76. The Morgan fingerprint density at radius 2 is 2.00 bits per heavy atom. The summed E-state index contributed by atoms with van der Waals surface area (Å²) in [6.07, 6.45) is 8.92. The highest BCUT2D eigenvalue weighted by atomic mass is 16.3. The molecule has 0 heterocycles. The largest absolute Gasteiger partial charge is 0.396 e. The van der Waals surface area contributed by atoms with E-state index in [9.17, 15) is 0 Å². The van der Waals surface area contributed by atoms with Crippen molar-refractivity contribution in [1.82, 2.24) is 0 Å². The van der Waals surface area contributed by atoms with Gasteiger partial charge in [-0.05, 0) is 18.8 Å². The van der Waals surface area contributed by atoms with Crippen LogP contribution < -0.4 is 0 Å². The minimum atomic E-state index is 0.300. The van der Waals surface area contributed by atoms with Gasteiger partial charge < -0.3 is 5.11 Å². The number of rotatable bonds is 6. The normalized spacial score (nSPS) is 14.1. The van der Waals surface area contributed by atoms with Crippen LogP contribution in [0, 0.1) is 5.92 Å². The van der Waals surface area contributed by atoms with Gasteiger partial charge in [0.05, 0.1) is 0 Å². The van der Waals surface area contributed by atoms with Gasteiger partial charge in [-0.3, -0.25) is 0 Å². The van der Waals surface area contributed by atoms with Crippen molar-refractivity contribution in [3.05, 3.63) is 12.2 Å². The summed E-state index contributed by atoms with van der Waals surface area (Å²) in [5.74, 6) is 0.395. The van der Waals surface area contributed by atoms with Gasteiger partial charge in [0.25, 0.3) is 0 Å². The molecule has 0 aliphatic carbocycles. The number of aliphatic hydroxyl groups excluding tert-OH is 1. The van der Waals surface area contributed by atoms with E-state index in [1.807, 2.05) is 0 Å². The molecule has 0 aromatic carbocycles. The Bertz CT molecular complexity index is 97.0. The second-order valence-corrected chi connectivity index (χ2v) is 2.95. The molecule has 0 rings (SSSR count). The van der Waals surface area contributed by atoms with E-state index in [1.165, 1.54) is 6.42 Å². The molecular weight excluding hydrogens is 136 g/mol. The molecule has 0 fully saturated rings. The van der Waals surface area contributed by atoms with Crippen LogP contribution in [0.4, 0.5) is 0 Å². The van der Waals surface area contributed by atoms with Gasteiger partial charge in [-0.25, -0.2) is 0 Å². The van der Waals surface area contributed by atoms with Gasteiger partial charge in [0.1, 0.15) is 0 Å². The van der Waals surface area contributed by atoms with Crippen LogP contribution in [0.3, 0.4) is 0 Å². The monoisotopic (exact) mass is 156 g/mol. The molecule has 0 spiro atoms. The summed E-state index contributed by atoms with van der Waals surface area (Å²) in [5.41, 5.74) is 0. The molecule has 1 nitrogen and oxygen atoms in total. The van der Waals surface area contributed by atoms with Crippen molar-refractivity contribution in [2.24, 2.45) is 5.92 Å². The summed E-state index contributed by atoms with van der Waals surface area (Å²) >= 11 is 0. The van der Waals surface area contributed by atoms with Crippen LogP contribution >= 0.6 is 0 Å². The van der Waals surface area contributed by atoms with Crippen molar-refractivity contribution in [3.63, 3.8) is 0 Å². The Labute approximate surface area is 70.1 Å². The maximum Gasteiger partial charge on any atom is 0.0493 e. The molecule has 0 aliphatic rings. The number of hydrogen-bond donors (Lipinski definition) is 1. The smallest absolute Gasteiger partial charge is 0.0493 e. The SMILES string of the molecule is CCCC=CC(CO)CCC. The van der Waals surface area contributed by atoms with E-state index in [0.29, 0.717) is 12.5 Å². The lowest BCUT2D eigenvalue weighted by atomic mass is 10.0. The number of hydrogen-bond acceptors (Lipinski definition) is 1. The molecule has 0 aromatic heterocycles. The first kappa shape index (κ1) is 10.7. The van der Waals surface area contributed by atoms with E-state index in [1.54, 1.807) is 0 Å². The van der Waals surface area contributed by atoms with Crippen LogP contribution in [0.1, 0.15) is 39.5 Å². The highest BCUT2D eigenvalue weighted by molar-refractivity contribution is 4.87. The standard InChI is InChI=1S/C10H20O/c1-3-5-6-8-10(9-11)7-4-2/h6,8,10-11H,3-5,7,9H2,1-2H3. The summed E-state index contributed by atoms with van der Waals surface area (Å²) in [6, 6.07) is 0. The van der Waals surface area contributed by atoms with Crippen molar-refractivity contribution >= 4 is 0 Å². The van der Waals surface area contributed by atoms with Crippen LogP contribution in [-0.2, 0) is 0 Å². The molecule has 0 aliphatic heterocycles. The maximum absolute atomic E-state index is 8.91. The number of unbranched alkanes of at least 4 members (excludes halogenated alkanes) is 1. The highest BCUT2D eigenvalue weighted by Gasteiger charge is 1.98. The zero-order valence-corrected chi connectivity index (χ0v) is 7.71. The summed E-state index contributed by atoms with van der Waals surface area (Å²) in [7, 11) is 0. The first-order chi connectivity index (χ1) is 5.35. The lowest BCUT2D eigenvalue weighted by Crippen LogP contribution is -2.01. The van der Waals surface area contributed by atoms with Crippen molar-refractivity contribution in [2.45, 2.75) is 39.5 Å². The average molecular weight is 156 g/mol. The Balaban J connectivity index is 3.49. The fraction of sp³-hybridized carbons (Fsp3) is 0.800. The molecule has 1 unspecified atom stereocenters. The molecule has 1 N–H and O–H groups in total. The van der Waals surface area contributed by atoms with Crippen molar-refractivity contribution in [2.75, 3.05) is 6.61 Å². The van der Waals surface area contributed by atoms with Gasteiger partial charge in [-0.1, -0.05) is 38.8 Å². The van der Waals surface area contributed by atoms with Crippen LogP contribution in [0.25, 0.3) is 0 Å². The predicted octanol–water partition coefficient (Wildman–Crippen LogP) is 2.75. The number of aliphatic hydroxyl groups is 1. The Kier molecular flexibility index (Phi) is 7.59. The zero-order chi connectivity index (χ0) is 8.53. The van der Waals surface area contributed by atoms with Crippen LogP contribution in [0.2, 0.25) is 0 Å². The van der Waals surface area contributed by atoms with Gasteiger partial charge in [0.15, 0.2) is 0 Å². The van der Waals surface area contributed by atoms with Crippen LogP contribution in [0.5, 0.6) is 0 Å². The Morgan fingerprint density at radius 3 is 2.45 bits per heavy atom. The maximum atomic E-state index is 8.91. The van der Waals surface area contributed by atoms with Crippen LogP contribution in [-0.4, -0.2) is 11.7 Å². The van der Waals surface area contributed by atoms with Gasteiger partial charge >= 0.3 is 0 Å². The quantitative estimate of drug-likeness (QED) is 0.586. The van der Waals surface area contributed by atoms with E-state index in [2.05, 4.69) is 26.0 Å². The third-order valence-electron chi connectivity index (χ3n) is 1.76. The van der Waals surface area contributed by atoms with E-state index in [4.69, 9.17) is 5.11 Å². The topological polar surface area (TPSA) is 20.2 Å². The summed E-state index contributed by atoms with van der Waals surface area (Å²) in [4.78, 5) is 0. The molecule has 1 atom stereocenters. The molecule has 0 amide bonds. The minimum absolute atomic E-state index is 0.300. The average Bonchev–Trinajstić information content (AvgIpc) is 2.03. The van der Waals surface area contributed by atoms with E-state index in [0.717, 1.165) is 19.3 Å². The third kappa shape index (κ3) is 6.11. The lowest BCUT2D eigenvalue weighted by Gasteiger charge is -2.05. The Morgan fingerprint density at radius 1 is 1.27 bits per heavy atom. The number of allylic oxidation sites excluding steroid dienone is 1. The van der Waals surface area contributed by atoms with E-state index >= 15 is 0 Å². The van der Waals surface area contributed by atoms with Gasteiger partial charge in [-0.15, -0.1) is 0 Å². The molecular formula is C10H20O. The molecule has 66 valence electrons. The summed E-state index contributed by atoms with van der Waals surface area (Å²) in [6.45, 7) is 4.61. The fourth-order valence-corrected chi connectivity index (χ4v) is 1.07. The van der Waals surface area contributed by atoms with Crippen LogP contribution in [0.15, 0.2) is 12.2 Å². The molecule has 11 heavy (non-hydrogen) atoms. The van der Waals surface area contributed by atoms with Gasteiger partial charge in [0, 0.05) is 6.61 Å². The summed E-state index contributed by atoms with van der Waals surface area (Å²) in [5, 5.41) is 8.91. The van der Waals surface area contributed by atoms with E-state index < -0.39 is 0 Å². The van der Waals surface area contributed by atoms with Gasteiger partial charge in [0.2, 0.25) is 0 Å². The molecule has 0 saturated heterocycles. The molecule has 0 radical (unpaired) electrons. The van der Waals surface area contributed by atoms with Crippen molar-refractivity contribution in [3.8, 4) is 0 Å². The second kappa shape index (κ2) is 7.80. The van der Waals surface area contributed by atoms with Crippen molar-refractivity contribution < 1.29 is 5.11 Å². The molecule has 1 heteroatoms. The highest BCUT2D eigenvalue weighted by Crippen LogP contribution is 2.07. The first-order valence-electron chi connectivity index (χ1n) is 4.62. The van der Waals surface area contributed by atoms with Gasteiger partial charge in [-0.2, -0.15) is 0 Å². The Hall–Kier alpha value is -0.300. The van der Waals surface area contributed by atoms with Crippen molar-refractivity contribution in [1.29, 1.82) is 0 Å². The lowest BCUT2D eigenvalue weighted by molar-refractivity contribution is 0.245. The minimum Gasteiger partial charge on any atom is -0.396 e. The zero-order valence-electron chi connectivity index (χ0n) is 7.71. The predicted molar refractivity (Wildman–Crippen MR) is 49.5 cm³/mol. The first-order valence-corrected chi connectivity index (χ1v) is 4.62. The molecule has 0 bridgehead atoms. The van der Waals surface area contributed by atoms with E-state index in [-0.39, 0.29) is 0 Å².